The van der Waals surface area contributed by atoms with Crippen molar-refractivity contribution in [3.05, 3.63) is 60.4 Å². The number of rotatable bonds is 5. The molecule has 1 aromatic heterocycles. The molecular weight excluding hydrogens is 210 g/mol. The lowest BCUT2D eigenvalue weighted by molar-refractivity contribution is 0.787. The number of pyridine rings is 1. The number of nitrogens with zero attached hydrogens (tertiary/aromatic N) is 2. The zero-order valence-corrected chi connectivity index (χ0v) is 9.79. The van der Waals surface area contributed by atoms with Crippen LogP contribution < -0.4 is 10.6 Å². The van der Waals surface area contributed by atoms with E-state index in [1.807, 2.05) is 30.5 Å². The number of aromatic nitrogens is 1. The second-order valence-electron chi connectivity index (χ2n) is 3.91. The first-order valence-electron chi connectivity index (χ1n) is 5.79. The molecule has 0 aliphatic carbocycles. The predicted molar refractivity (Wildman–Crippen MR) is 70.8 cm³/mol. The van der Waals surface area contributed by atoms with Crippen LogP contribution in [-0.2, 0) is 6.54 Å². The molecule has 0 saturated heterocycles. The Morgan fingerprint density at radius 3 is 2.53 bits per heavy atom. The molecule has 0 bridgehead atoms. The fraction of sp³-hybridized carbons (Fsp3) is 0.214. The summed E-state index contributed by atoms with van der Waals surface area (Å²) in [5.74, 6) is 0. The second-order valence-corrected chi connectivity index (χ2v) is 3.91. The van der Waals surface area contributed by atoms with Crippen molar-refractivity contribution in [1.82, 2.24) is 4.98 Å². The van der Waals surface area contributed by atoms with Gasteiger partial charge in [0.2, 0.25) is 0 Å². The Kier molecular flexibility index (Phi) is 4.11. The number of anilines is 1. The van der Waals surface area contributed by atoms with E-state index in [2.05, 4.69) is 28.1 Å². The minimum Gasteiger partial charge on any atom is -0.366 e. The molecule has 2 aromatic rings. The SMILES string of the molecule is NCCN(Cc1cccnc1)c1ccccc1. The highest BCUT2D eigenvalue weighted by Gasteiger charge is 2.05. The van der Waals surface area contributed by atoms with Gasteiger partial charge in [-0.15, -0.1) is 0 Å². The van der Waals surface area contributed by atoms with Crippen molar-refractivity contribution in [1.29, 1.82) is 0 Å². The van der Waals surface area contributed by atoms with Crippen molar-refractivity contribution >= 4 is 5.69 Å². The van der Waals surface area contributed by atoms with E-state index in [0.717, 1.165) is 13.1 Å². The zero-order valence-electron chi connectivity index (χ0n) is 9.79. The Hall–Kier alpha value is -1.87. The van der Waals surface area contributed by atoms with Crippen molar-refractivity contribution in [2.24, 2.45) is 5.73 Å². The van der Waals surface area contributed by atoms with Gasteiger partial charge in [-0.1, -0.05) is 24.3 Å². The fourth-order valence-corrected chi connectivity index (χ4v) is 1.81. The molecule has 0 saturated carbocycles. The van der Waals surface area contributed by atoms with Crippen LogP contribution in [0.15, 0.2) is 54.9 Å². The molecule has 17 heavy (non-hydrogen) atoms. The van der Waals surface area contributed by atoms with Gasteiger partial charge >= 0.3 is 0 Å². The van der Waals surface area contributed by atoms with Gasteiger partial charge < -0.3 is 10.6 Å². The summed E-state index contributed by atoms with van der Waals surface area (Å²) in [6.45, 7) is 2.34. The van der Waals surface area contributed by atoms with E-state index in [1.165, 1.54) is 11.3 Å². The van der Waals surface area contributed by atoms with Crippen LogP contribution in [0.3, 0.4) is 0 Å². The molecule has 0 unspecified atom stereocenters. The smallest absolute Gasteiger partial charge is 0.0445 e. The van der Waals surface area contributed by atoms with Crippen LogP contribution in [0.2, 0.25) is 0 Å². The molecule has 0 aliphatic heterocycles. The number of para-hydroxylation sites is 1. The van der Waals surface area contributed by atoms with E-state index in [4.69, 9.17) is 5.73 Å². The molecule has 0 radical (unpaired) electrons. The molecule has 0 aliphatic rings. The third-order valence-corrected chi connectivity index (χ3v) is 2.62. The van der Waals surface area contributed by atoms with Crippen molar-refractivity contribution in [3.63, 3.8) is 0 Å². The van der Waals surface area contributed by atoms with Crippen molar-refractivity contribution < 1.29 is 0 Å². The maximum Gasteiger partial charge on any atom is 0.0445 e. The predicted octanol–water partition coefficient (Wildman–Crippen LogP) is 2.05. The highest BCUT2D eigenvalue weighted by atomic mass is 15.1. The fourth-order valence-electron chi connectivity index (χ4n) is 1.81. The van der Waals surface area contributed by atoms with Crippen molar-refractivity contribution in [2.45, 2.75) is 6.54 Å². The lowest BCUT2D eigenvalue weighted by Gasteiger charge is -2.24. The van der Waals surface area contributed by atoms with Crippen LogP contribution in [0.25, 0.3) is 0 Å². The molecule has 2 N–H and O–H groups in total. The third kappa shape index (κ3) is 3.29. The molecule has 0 spiro atoms. The van der Waals surface area contributed by atoms with Crippen LogP contribution in [-0.4, -0.2) is 18.1 Å². The number of benzene rings is 1. The molecule has 1 heterocycles. The number of hydrogen-bond acceptors (Lipinski definition) is 3. The van der Waals surface area contributed by atoms with Gasteiger partial charge in [-0.25, -0.2) is 0 Å². The Balaban J connectivity index is 2.13. The molecule has 0 fully saturated rings. The van der Waals surface area contributed by atoms with Gasteiger partial charge in [0.05, 0.1) is 0 Å². The molecule has 88 valence electrons. The Morgan fingerprint density at radius 1 is 1.06 bits per heavy atom. The first-order chi connectivity index (χ1) is 8.40. The van der Waals surface area contributed by atoms with E-state index >= 15 is 0 Å². The molecule has 2 rings (SSSR count). The number of hydrogen-bond donors (Lipinski definition) is 1. The molecule has 0 atom stereocenters. The third-order valence-electron chi connectivity index (χ3n) is 2.62. The molecule has 1 aromatic carbocycles. The summed E-state index contributed by atoms with van der Waals surface area (Å²) in [5.41, 5.74) is 8.06. The first-order valence-corrected chi connectivity index (χ1v) is 5.79. The summed E-state index contributed by atoms with van der Waals surface area (Å²) in [6.07, 6.45) is 3.69. The minimum absolute atomic E-state index is 0.648. The van der Waals surface area contributed by atoms with Crippen LogP contribution in [0.4, 0.5) is 5.69 Å². The molecular formula is C14H17N3. The van der Waals surface area contributed by atoms with Gasteiger partial charge in [-0.2, -0.15) is 0 Å². The summed E-state index contributed by atoms with van der Waals surface area (Å²) in [5, 5.41) is 0. The topological polar surface area (TPSA) is 42.1 Å². The standard InChI is InChI=1S/C14H17N3/c15-8-10-17(14-6-2-1-3-7-14)12-13-5-4-9-16-11-13/h1-7,9,11H,8,10,12,15H2. The minimum atomic E-state index is 0.648. The second kappa shape index (κ2) is 6.01. The quantitative estimate of drug-likeness (QED) is 0.850. The maximum atomic E-state index is 5.66. The van der Waals surface area contributed by atoms with Gasteiger partial charge in [-0.05, 0) is 23.8 Å². The summed E-state index contributed by atoms with van der Waals surface area (Å²) in [4.78, 5) is 6.39. The average molecular weight is 227 g/mol. The molecule has 0 amide bonds. The lowest BCUT2D eigenvalue weighted by Crippen LogP contribution is -2.28. The normalized spacial score (nSPS) is 10.2. The Morgan fingerprint density at radius 2 is 1.88 bits per heavy atom. The monoisotopic (exact) mass is 227 g/mol. The van der Waals surface area contributed by atoms with E-state index in [0.29, 0.717) is 6.54 Å². The van der Waals surface area contributed by atoms with Crippen LogP contribution >= 0.6 is 0 Å². The van der Waals surface area contributed by atoms with Gasteiger partial charge in [0.15, 0.2) is 0 Å². The summed E-state index contributed by atoms with van der Waals surface area (Å²) in [6, 6.07) is 14.4. The van der Waals surface area contributed by atoms with E-state index in [9.17, 15) is 0 Å². The van der Waals surface area contributed by atoms with Crippen LogP contribution in [0.1, 0.15) is 5.56 Å². The van der Waals surface area contributed by atoms with E-state index in [-0.39, 0.29) is 0 Å². The highest BCUT2D eigenvalue weighted by molar-refractivity contribution is 5.46. The van der Waals surface area contributed by atoms with E-state index in [1.54, 1.807) is 6.20 Å². The maximum absolute atomic E-state index is 5.66. The Labute approximate surface area is 102 Å². The Bertz CT molecular complexity index is 428. The van der Waals surface area contributed by atoms with E-state index < -0.39 is 0 Å². The zero-order chi connectivity index (χ0) is 11.9. The van der Waals surface area contributed by atoms with Gasteiger partial charge in [0, 0.05) is 37.7 Å². The van der Waals surface area contributed by atoms with Crippen molar-refractivity contribution in [2.75, 3.05) is 18.0 Å². The summed E-state index contributed by atoms with van der Waals surface area (Å²) in [7, 11) is 0. The van der Waals surface area contributed by atoms with Crippen molar-refractivity contribution in [3.8, 4) is 0 Å². The summed E-state index contributed by atoms with van der Waals surface area (Å²) < 4.78 is 0. The first kappa shape index (κ1) is 11.6. The van der Waals surface area contributed by atoms with Crippen LogP contribution in [0.5, 0.6) is 0 Å². The molecule has 3 heteroatoms. The van der Waals surface area contributed by atoms with Gasteiger partial charge in [0.25, 0.3) is 0 Å². The largest absolute Gasteiger partial charge is 0.366 e. The summed E-state index contributed by atoms with van der Waals surface area (Å²) >= 11 is 0. The number of nitrogens with two attached hydrogens (primary N) is 1. The lowest BCUT2D eigenvalue weighted by atomic mass is 10.2. The molecule has 3 nitrogen and oxygen atoms in total. The van der Waals surface area contributed by atoms with Crippen LogP contribution in [0, 0.1) is 0 Å². The average Bonchev–Trinajstić information content (AvgIpc) is 2.40. The van der Waals surface area contributed by atoms with Gasteiger partial charge in [-0.3, -0.25) is 4.98 Å². The highest BCUT2D eigenvalue weighted by Crippen LogP contribution is 2.15. The van der Waals surface area contributed by atoms with Gasteiger partial charge in [0.1, 0.15) is 0 Å².